The highest BCUT2D eigenvalue weighted by Crippen LogP contribution is 2.29. The van der Waals surface area contributed by atoms with Crippen LogP contribution in [0.5, 0.6) is 0 Å². The van der Waals surface area contributed by atoms with E-state index in [9.17, 15) is 14.0 Å². The van der Waals surface area contributed by atoms with E-state index in [0.717, 1.165) is 5.57 Å². The quantitative estimate of drug-likeness (QED) is 0.824. The fourth-order valence-electron chi connectivity index (χ4n) is 3.40. The van der Waals surface area contributed by atoms with Gasteiger partial charge in [-0.1, -0.05) is 6.08 Å². The van der Waals surface area contributed by atoms with Crippen LogP contribution in [-0.2, 0) is 23.1 Å². The zero-order valence-electron chi connectivity index (χ0n) is 14.9. The van der Waals surface area contributed by atoms with E-state index < -0.39 is 12.2 Å². The van der Waals surface area contributed by atoms with Gasteiger partial charge in [-0.2, -0.15) is 0 Å². The summed E-state index contributed by atoms with van der Waals surface area (Å²) in [5.41, 5.74) is 1.71. The minimum atomic E-state index is -0.540. The molecule has 27 heavy (non-hydrogen) atoms. The van der Waals surface area contributed by atoms with E-state index >= 15 is 0 Å². The summed E-state index contributed by atoms with van der Waals surface area (Å²) >= 11 is 0. The number of aromatic nitrogens is 2. The molecule has 1 aromatic heterocycles. The molecule has 0 spiro atoms. The number of aryl methyl sites for hydroxylation is 1. The smallest absolute Gasteiger partial charge is 0.414 e. The monoisotopic (exact) mass is 373 g/mol. The first-order valence-electron chi connectivity index (χ1n) is 8.79. The van der Waals surface area contributed by atoms with E-state index in [1.807, 2.05) is 6.08 Å². The van der Waals surface area contributed by atoms with Gasteiger partial charge in [-0.15, -0.1) is 0 Å². The molecule has 2 aliphatic heterocycles. The van der Waals surface area contributed by atoms with Crippen molar-refractivity contribution in [3.63, 3.8) is 0 Å². The molecule has 0 aliphatic carbocycles. The lowest BCUT2D eigenvalue weighted by Gasteiger charge is -2.17. The minimum absolute atomic E-state index is 0.176. The molecule has 2 aromatic rings. The van der Waals surface area contributed by atoms with Crippen LogP contribution in [0.15, 0.2) is 41.5 Å². The van der Waals surface area contributed by atoms with E-state index in [1.54, 1.807) is 31.6 Å². The van der Waals surface area contributed by atoms with Crippen LogP contribution in [0.2, 0.25) is 0 Å². The van der Waals surface area contributed by atoms with E-state index in [0.29, 0.717) is 30.9 Å². The first kappa shape index (κ1) is 17.5. The highest BCUT2D eigenvalue weighted by atomic mass is 19.1. The molecule has 1 atom stereocenters. The Bertz CT molecular complexity index is 962. The molecule has 7 nitrogen and oxygen atoms in total. The Morgan fingerprint density at radius 2 is 2.11 bits per heavy atom. The maximum Gasteiger partial charge on any atom is 0.414 e. The second-order valence-electron chi connectivity index (χ2n) is 6.68. The van der Waals surface area contributed by atoms with Crippen molar-refractivity contribution in [2.24, 2.45) is 7.05 Å². The van der Waals surface area contributed by atoms with Crippen molar-refractivity contribution in [2.45, 2.75) is 19.1 Å². The predicted molar refractivity (Wildman–Crippen MR) is 97.1 cm³/mol. The van der Waals surface area contributed by atoms with Crippen LogP contribution in [0, 0.1) is 5.82 Å². The van der Waals surface area contributed by atoms with Gasteiger partial charge in [0, 0.05) is 25.0 Å². The highest BCUT2D eigenvalue weighted by Gasteiger charge is 2.33. The van der Waals surface area contributed by atoms with E-state index in [-0.39, 0.29) is 24.6 Å². The molecule has 2 aliphatic rings. The van der Waals surface area contributed by atoms with Gasteiger partial charge in [0.1, 0.15) is 11.9 Å². The number of carbonyl (C=O) groups is 1. The summed E-state index contributed by atoms with van der Waals surface area (Å²) in [6.07, 6.45) is 4.82. The van der Waals surface area contributed by atoms with Crippen LogP contribution < -0.4 is 10.6 Å². The number of anilines is 1. The van der Waals surface area contributed by atoms with Gasteiger partial charge in [0.25, 0.3) is 0 Å². The van der Waals surface area contributed by atoms with Crippen molar-refractivity contribution in [3.8, 4) is 0 Å². The fraction of sp³-hybridized carbons (Fsp3) is 0.368. The van der Waals surface area contributed by atoms with Crippen LogP contribution in [0.4, 0.5) is 14.9 Å². The number of amides is 1. The van der Waals surface area contributed by atoms with Crippen molar-refractivity contribution in [1.82, 2.24) is 9.13 Å². The Kier molecular flexibility index (Phi) is 4.57. The van der Waals surface area contributed by atoms with Crippen molar-refractivity contribution in [1.29, 1.82) is 0 Å². The number of imidazole rings is 1. The molecular weight excluding hydrogens is 353 g/mol. The van der Waals surface area contributed by atoms with Crippen molar-refractivity contribution >= 4 is 17.4 Å². The molecule has 0 N–H and O–H groups in total. The largest absolute Gasteiger partial charge is 0.442 e. The third-order valence-electron chi connectivity index (χ3n) is 4.87. The lowest BCUT2D eigenvalue weighted by atomic mass is 10.0. The Morgan fingerprint density at radius 3 is 2.78 bits per heavy atom. The van der Waals surface area contributed by atoms with Crippen LogP contribution in [-0.4, -0.2) is 41.1 Å². The number of hydrogen-bond donors (Lipinski definition) is 0. The van der Waals surface area contributed by atoms with E-state index in [1.165, 1.54) is 20.1 Å². The summed E-state index contributed by atoms with van der Waals surface area (Å²) in [6.45, 7) is 1.58. The Hall–Kier alpha value is -2.87. The predicted octanol–water partition coefficient (Wildman–Crippen LogP) is 2.16. The van der Waals surface area contributed by atoms with Gasteiger partial charge < -0.3 is 14.0 Å². The summed E-state index contributed by atoms with van der Waals surface area (Å²) in [4.78, 5) is 25.5. The van der Waals surface area contributed by atoms with E-state index in [2.05, 4.69) is 0 Å². The maximum atomic E-state index is 14.6. The molecular formula is C19H20FN3O4. The summed E-state index contributed by atoms with van der Waals surface area (Å²) in [7, 11) is 1.66. The highest BCUT2D eigenvalue weighted by molar-refractivity contribution is 5.90. The summed E-state index contributed by atoms with van der Waals surface area (Å²) in [6, 6.07) is 4.75. The average Bonchev–Trinajstić information content (AvgIpc) is 3.19. The second-order valence-corrected chi connectivity index (χ2v) is 6.68. The number of carbonyl (C=O) groups excluding carboxylic acids is 1. The summed E-state index contributed by atoms with van der Waals surface area (Å²) in [5.74, 6) is -0.379. The van der Waals surface area contributed by atoms with Crippen molar-refractivity contribution in [3.05, 3.63) is 58.5 Å². The van der Waals surface area contributed by atoms with E-state index in [4.69, 9.17) is 9.47 Å². The molecule has 4 rings (SSSR count). The molecule has 1 amide bonds. The topological polar surface area (TPSA) is 65.7 Å². The zero-order valence-corrected chi connectivity index (χ0v) is 14.9. The molecule has 1 saturated heterocycles. The molecule has 0 saturated carbocycles. The first-order chi connectivity index (χ1) is 13.0. The van der Waals surface area contributed by atoms with Gasteiger partial charge in [-0.05, 0) is 30.2 Å². The van der Waals surface area contributed by atoms with Crippen LogP contribution >= 0.6 is 0 Å². The summed E-state index contributed by atoms with van der Waals surface area (Å²) < 4.78 is 28.2. The molecule has 0 unspecified atom stereocenters. The molecule has 0 radical (unpaired) electrons. The Morgan fingerprint density at radius 1 is 1.26 bits per heavy atom. The number of cyclic esters (lactones) is 1. The molecule has 0 bridgehead atoms. The number of halogens is 1. The maximum absolute atomic E-state index is 14.6. The normalized spacial score (nSPS) is 19.9. The fourth-order valence-corrected chi connectivity index (χ4v) is 3.40. The molecule has 8 heteroatoms. The van der Waals surface area contributed by atoms with Gasteiger partial charge in [0.05, 0.1) is 32.0 Å². The third kappa shape index (κ3) is 3.40. The van der Waals surface area contributed by atoms with Crippen LogP contribution in [0.25, 0.3) is 5.57 Å². The number of nitrogens with zero attached hydrogens (tertiary/aromatic N) is 3. The van der Waals surface area contributed by atoms with Gasteiger partial charge >= 0.3 is 11.8 Å². The first-order valence-corrected chi connectivity index (χ1v) is 8.79. The van der Waals surface area contributed by atoms with Gasteiger partial charge in [-0.25, -0.2) is 14.0 Å². The SMILES string of the molecule is Cn1ccn(C[C@H]2CN(c3ccc(C4=CCOCC4)c(F)c3)C(=O)O2)c1=O. The lowest BCUT2D eigenvalue weighted by Crippen LogP contribution is -2.30. The molecule has 1 fully saturated rings. The third-order valence-corrected chi connectivity index (χ3v) is 4.87. The lowest BCUT2D eigenvalue weighted by molar-refractivity contribution is 0.131. The van der Waals surface area contributed by atoms with Crippen LogP contribution in [0.1, 0.15) is 12.0 Å². The number of ether oxygens (including phenoxy) is 2. The van der Waals surface area contributed by atoms with Crippen molar-refractivity contribution < 1.29 is 18.7 Å². The van der Waals surface area contributed by atoms with Crippen LogP contribution in [0.3, 0.4) is 0 Å². The van der Waals surface area contributed by atoms with Gasteiger partial charge in [0.15, 0.2) is 0 Å². The average molecular weight is 373 g/mol. The number of benzene rings is 1. The molecule has 142 valence electrons. The molecule has 3 heterocycles. The van der Waals surface area contributed by atoms with Crippen molar-refractivity contribution in [2.75, 3.05) is 24.7 Å². The van der Waals surface area contributed by atoms with Gasteiger partial charge in [-0.3, -0.25) is 9.47 Å². The Labute approximate surface area is 155 Å². The summed E-state index contributed by atoms with van der Waals surface area (Å²) in [5, 5.41) is 0. The second kappa shape index (κ2) is 7.03. The van der Waals surface area contributed by atoms with Gasteiger partial charge in [0.2, 0.25) is 0 Å². The number of rotatable bonds is 4. The Balaban J connectivity index is 1.51. The number of hydrogen-bond acceptors (Lipinski definition) is 4. The standard InChI is InChI=1S/C19H20FN3O4/c1-21-6-7-22(18(21)24)11-15-12-23(19(25)27-15)14-2-3-16(17(20)10-14)13-4-8-26-9-5-13/h2-4,6-7,10,15H,5,8-9,11-12H2,1H3/t15-/m0/s1. The minimum Gasteiger partial charge on any atom is -0.442 e. The zero-order chi connectivity index (χ0) is 19.0. The molecule has 1 aromatic carbocycles.